The van der Waals surface area contributed by atoms with E-state index >= 15 is 0 Å². The van der Waals surface area contributed by atoms with Gasteiger partial charge >= 0.3 is 0 Å². The van der Waals surface area contributed by atoms with Crippen LogP contribution in [0.4, 0.5) is 5.82 Å². The second-order valence-corrected chi connectivity index (χ2v) is 6.30. The van der Waals surface area contributed by atoms with Crippen molar-refractivity contribution in [1.82, 2.24) is 14.6 Å². The van der Waals surface area contributed by atoms with Crippen LogP contribution < -0.4 is 10.2 Å². The highest BCUT2D eigenvalue weighted by Gasteiger charge is 2.17. The number of amides is 1. The number of pyridine rings is 1. The Kier molecular flexibility index (Phi) is 5.37. The molecule has 1 amide bonds. The van der Waals surface area contributed by atoms with E-state index in [-0.39, 0.29) is 5.91 Å². The second-order valence-electron chi connectivity index (χ2n) is 6.30. The van der Waals surface area contributed by atoms with Crippen LogP contribution in [-0.2, 0) is 4.74 Å². The molecule has 0 saturated carbocycles. The normalized spacial score (nSPS) is 15.8. The topological polar surface area (TPSA) is 49.2 Å². The Labute approximate surface area is 143 Å². The Morgan fingerprint density at radius 2 is 1.92 bits per heavy atom. The van der Waals surface area contributed by atoms with Gasteiger partial charge in [0, 0.05) is 58.2 Å². The van der Waals surface area contributed by atoms with Crippen LogP contribution in [0.1, 0.15) is 16.8 Å². The molecule has 0 radical (unpaired) electrons. The van der Waals surface area contributed by atoms with Crippen LogP contribution >= 0.6 is 0 Å². The Morgan fingerprint density at radius 1 is 1.17 bits per heavy atom. The van der Waals surface area contributed by atoms with Gasteiger partial charge in [-0.05, 0) is 37.7 Å². The van der Waals surface area contributed by atoms with Crippen LogP contribution in [0.5, 0.6) is 0 Å². The van der Waals surface area contributed by atoms with Crippen molar-refractivity contribution in [1.29, 1.82) is 0 Å². The fourth-order valence-corrected chi connectivity index (χ4v) is 3.03. The summed E-state index contributed by atoms with van der Waals surface area (Å²) < 4.78 is 7.12. The van der Waals surface area contributed by atoms with Crippen molar-refractivity contribution in [2.24, 2.45) is 0 Å². The van der Waals surface area contributed by atoms with Gasteiger partial charge in [-0.15, -0.1) is 0 Å². The number of fused-ring (bicyclic) bond motifs is 1. The van der Waals surface area contributed by atoms with E-state index in [9.17, 15) is 4.79 Å². The van der Waals surface area contributed by atoms with Gasteiger partial charge in [0.15, 0.2) is 0 Å². The molecule has 1 aliphatic rings. The molecule has 0 spiro atoms. The van der Waals surface area contributed by atoms with Crippen LogP contribution in [0, 0.1) is 0 Å². The molecule has 1 aliphatic heterocycles. The number of carbonyl (C=O) groups is 1. The molecule has 130 valence electrons. The molecule has 1 N–H and O–H groups in total. The lowest BCUT2D eigenvalue weighted by molar-refractivity contribution is 0.0948. The van der Waals surface area contributed by atoms with E-state index < -0.39 is 0 Å². The summed E-state index contributed by atoms with van der Waals surface area (Å²) in [6.07, 6.45) is 2.76. The lowest BCUT2D eigenvalue weighted by atomic mass is 10.2. The van der Waals surface area contributed by atoms with Gasteiger partial charge in [-0.3, -0.25) is 4.79 Å². The molecule has 6 nitrogen and oxygen atoms in total. The third kappa shape index (κ3) is 3.71. The van der Waals surface area contributed by atoms with Gasteiger partial charge in [0.25, 0.3) is 5.91 Å². The van der Waals surface area contributed by atoms with Gasteiger partial charge in [-0.2, -0.15) is 0 Å². The number of ether oxygens (including phenoxy) is 1. The Bertz CT molecular complexity index is 689. The van der Waals surface area contributed by atoms with E-state index in [0.717, 1.165) is 43.9 Å². The number of nitrogens with zero attached hydrogens (tertiary/aromatic N) is 3. The lowest BCUT2D eigenvalue weighted by Crippen LogP contribution is -2.44. The monoisotopic (exact) mass is 330 g/mol. The quantitative estimate of drug-likeness (QED) is 0.815. The maximum Gasteiger partial charge on any atom is 0.252 e. The zero-order valence-corrected chi connectivity index (χ0v) is 14.5. The summed E-state index contributed by atoms with van der Waals surface area (Å²) in [7, 11) is 3.82. The summed E-state index contributed by atoms with van der Waals surface area (Å²) in [5.74, 6) is 1.12. The molecule has 3 rings (SSSR count). The van der Waals surface area contributed by atoms with Crippen molar-refractivity contribution >= 4 is 17.2 Å². The van der Waals surface area contributed by atoms with Crippen molar-refractivity contribution in [3.05, 3.63) is 36.0 Å². The summed E-state index contributed by atoms with van der Waals surface area (Å²) in [6, 6.07) is 8.13. The van der Waals surface area contributed by atoms with Gasteiger partial charge in [0.1, 0.15) is 5.82 Å². The van der Waals surface area contributed by atoms with E-state index in [4.69, 9.17) is 4.74 Å². The lowest BCUT2D eigenvalue weighted by Gasteiger charge is -2.33. The number of hydrogen-bond donors (Lipinski definition) is 1. The molecule has 0 aliphatic carbocycles. The fraction of sp³-hybridized carbons (Fsp3) is 0.500. The summed E-state index contributed by atoms with van der Waals surface area (Å²) >= 11 is 0. The maximum atomic E-state index is 12.3. The summed E-state index contributed by atoms with van der Waals surface area (Å²) in [6.45, 7) is 5.43. The Morgan fingerprint density at radius 3 is 2.67 bits per heavy atom. The number of hydrogen-bond acceptors (Lipinski definition) is 4. The first kappa shape index (κ1) is 16.8. The van der Waals surface area contributed by atoms with Crippen molar-refractivity contribution < 1.29 is 9.53 Å². The van der Waals surface area contributed by atoms with Crippen LogP contribution in [0.2, 0.25) is 0 Å². The van der Waals surface area contributed by atoms with E-state index in [1.54, 1.807) is 7.11 Å². The minimum absolute atomic E-state index is 0.0361. The number of methoxy groups -OCH3 is 1. The van der Waals surface area contributed by atoms with Crippen molar-refractivity contribution in [2.45, 2.75) is 6.42 Å². The molecule has 3 heterocycles. The first-order valence-electron chi connectivity index (χ1n) is 8.51. The molecule has 1 saturated heterocycles. The third-order valence-electron chi connectivity index (χ3n) is 4.53. The van der Waals surface area contributed by atoms with Crippen LogP contribution in [-0.4, -0.2) is 68.7 Å². The van der Waals surface area contributed by atoms with Gasteiger partial charge in [-0.1, -0.05) is 0 Å². The Balaban J connectivity index is 1.74. The van der Waals surface area contributed by atoms with E-state index in [1.807, 2.05) is 18.3 Å². The highest BCUT2D eigenvalue weighted by atomic mass is 16.5. The van der Waals surface area contributed by atoms with Crippen LogP contribution in [0.3, 0.4) is 0 Å². The first-order valence-corrected chi connectivity index (χ1v) is 8.51. The molecular weight excluding hydrogens is 304 g/mol. The van der Waals surface area contributed by atoms with E-state index in [2.05, 4.69) is 38.7 Å². The van der Waals surface area contributed by atoms with Crippen LogP contribution in [0.15, 0.2) is 30.5 Å². The predicted molar refractivity (Wildman–Crippen MR) is 95.9 cm³/mol. The number of aromatic nitrogens is 1. The SMILES string of the molecule is COCCCNC(=O)c1ccc2ccc(N3CCN(C)CC3)n2c1. The minimum Gasteiger partial charge on any atom is -0.385 e. The van der Waals surface area contributed by atoms with Crippen molar-refractivity contribution in [3.8, 4) is 0 Å². The summed E-state index contributed by atoms with van der Waals surface area (Å²) in [4.78, 5) is 17.0. The molecule has 1 fully saturated rings. The molecule has 24 heavy (non-hydrogen) atoms. The minimum atomic E-state index is -0.0361. The highest BCUT2D eigenvalue weighted by Crippen LogP contribution is 2.21. The zero-order chi connectivity index (χ0) is 16.9. The zero-order valence-electron chi connectivity index (χ0n) is 14.5. The molecule has 0 bridgehead atoms. The molecule has 6 heteroatoms. The first-order chi connectivity index (χ1) is 11.7. The van der Waals surface area contributed by atoms with Crippen molar-refractivity contribution in [3.63, 3.8) is 0 Å². The molecule has 2 aromatic rings. The maximum absolute atomic E-state index is 12.3. The van der Waals surface area contributed by atoms with Gasteiger partial charge < -0.3 is 24.3 Å². The average molecular weight is 330 g/mol. The van der Waals surface area contributed by atoms with Gasteiger partial charge in [-0.25, -0.2) is 0 Å². The number of likely N-dealkylation sites (N-methyl/N-ethyl adjacent to an activating group) is 1. The summed E-state index contributed by atoms with van der Waals surface area (Å²) in [5, 5.41) is 2.94. The Hall–Kier alpha value is -2.05. The molecular formula is C18H26N4O2. The standard InChI is InChI=1S/C18H26N4O2/c1-20-9-11-21(12-10-20)17-7-6-16-5-4-15(14-22(16)17)18(23)19-8-3-13-24-2/h4-7,14H,3,8-13H2,1-2H3,(H,19,23). The number of nitrogens with one attached hydrogen (secondary N) is 1. The third-order valence-corrected chi connectivity index (χ3v) is 4.53. The molecule has 0 unspecified atom stereocenters. The van der Waals surface area contributed by atoms with E-state index in [1.165, 1.54) is 0 Å². The van der Waals surface area contributed by atoms with Crippen molar-refractivity contribution in [2.75, 3.05) is 58.4 Å². The van der Waals surface area contributed by atoms with Gasteiger partial charge in [0.05, 0.1) is 5.56 Å². The molecule has 2 aromatic heterocycles. The van der Waals surface area contributed by atoms with Gasteiger partial charge in [0.2, 0.25) is 0 Å². The highest BCUT2D eigenvalue weighted by molar-refractivity contribution is 5.94. The largest absolute Gasteiger partial charge is 0.385 e. The smallest absolute Gasteiger partial charge is 0.252 e. The fourth-order valence-electron chi connectivity index (χ4n) is 3.03. The molecule has 0 aromatic carbocycles. The number of anilines is 1. The number of piperazine rings is 1. The molecule has 0 atom stereocenters. The van der Waals surface area contributed by atoms with E-state index in [0.29, 0.717) is 18.7 Å². The summed E-state index contributed by atoms with van der Waals surface area (Å²) in [5.41, 5.74) is 1.80. The second kappa shape index (κ2) is 7.68. The number of carbonyl (C=O) groups excluding carboxylic acids is 1. The predicted octanol–water partition coefficient (Wildman–Crippen LogP) is 1.46. The van der Waals surface area contributed by atoms with Crippen LogP contribution in [0.25, 0.3) is 5.52 Å². The average Bonchev–Trinajstić information content (AvgIpc) is 3.02. The number of rotatable bonds is 6.